The molecule has 0 spiro atoms. The van der Waals surface area contributed by atoms with Gasteiger partial charge in [-0.1, -0.05) is 0 Å². The van der Waals surface area contributed by atoms with Gasteiger partial charge in [0.1, 0.15) is 0 Å². The lowest BCUT2D eigenvalue weighted by molar-refractivity contribution is -0.133. The molecule has 1 unspecified atom stereocenters. The molecule has 1 N–H and O–H groups in total. The van der Waals surface area contributed by atoms with E-state index in [0.29, 0.717) is 6.54 Å². The monoisotopic (exact) mass is 189 g/mol. The molecule has 1 nitrogen and oxygen atoms in total. The van der Waals surface area contributed by atoms with E-state index in [1.54, 1.807) is 6.92 Å². The van der Waals surface area contributed by atoms with Gasteiger partial charge in [-0.05, 0) is 6.92 Å². The van der Waals surface area contributed by atoms with Gasteiger partial charge in [0.2, 0.25) is 0 Å². The Balaban J connectivity index is 3.15. The summed E-state index contributed by atoms with van der Waals surface area (Å²) in [6, 6.07) is 0. The van der Waals surface area contributed by atoms with Crippen molar-refractivity contribution in [2.45, 2.75) is 24.9 Å². The van der Waals surface area contributed by atoms with Crippen molar-refractivity contribution in [3.8, 4) is 0 Å². The molecule has 0 radical (unpaired) electrons. The molecule has 0 bridgehead atoms. The van der Waals surface area contributed by atoms with Crippen LogP contribution in [0.1, 0.15) is 13.3 Å². The Kier molecular flexibility index (Phi) is 4.84. The molecule has 68 valence electrons. The van der Waals surface area contributed by atoms with Crippen LogP contribution in [0.3, 0.4) is 0 Å². The summed E-state index contributed by atoms with van der Waals surface area (Å²) in [4.78, 5) is 0. The van der Waals surface area contributed by atoms with E-state index in [1.807, 2.05) is 0 Å². The zero-order chi connectivity index (χ0) is 8.91. The third-order valence-electron chi connectivity index (χ3n) is 1.01. The smallest absolute Gasteiger partial charge is 0.315 e. The van der Waals surface area contributed by atoms with Crippen molar-refractivity contribution in [3.05, 3.63) is 0 Å². The quantitative estimate of drug-likeness (QED) is 0.528. The summed E-state index contributed by atoms with van der Waals surface area (Å²) >= 11 is 5.48. The molecule has 1 atom stereocenters. The molecular weight excluding hydrogens is 179 g/mol. The average molecular weight is 190 g/mol. The third kappa shape index (κ3) is 10.0. The number of hydrogen-bond donors (Lipinski definition) is 1. The molecule has 0 aromatic heterocycles. The molecule has 0 saturated heterocycles. The maximum atomic E-state index is 11.5. The highest BCUT2D eigenvalue weighted by molar-refractivity contribution is 6.20. The van der Waals surface area contributed by atoms with Crippen LogP contribution in [-0.4, -0.2) is 24.6 Å². The third-order valence-corrected chi connectivity index (χ3v) is 1.17. The first-order valence-electron chi connectivity index (χ1n) is 3.33. The van der Waals surface area contributed by atoms with Gasteiger partial charge in [0.15, 0.2) is 0 Å². The number of alkyl halides is 4. The highest BCUT2D eigenvalue weighted by atomic mass is 35.5. The van der Waals surface area contributed by atoms with Crippen LogP contribution in [0.25, 0.3) is 0 Å². The zero-order valence-electron chi connectivity index (χ0n) is 6.21. The fourth-order valence-electron chi connectivity index (χ4n) is 0.531. The number of nitrogens with one attached hydrogen (secondary N) is 1. The normalized spacial score (nSPS) is 15.0. The molecular formula is C6H11ClF3N. The average Bonchev–Trinajstić information content (AvgIpc) is 1.78. The first-order chi connectivity index (χ1) is 4.92. The van der Waals surface area contributed by atoms with Crippen LogP contribution >= 0.6 is 11.6 Å². The lowest BCUT2D eigenvalue weighted by Crippen LogP contribution is -2.26. The van der Waals surface area contributed by atoms with Gasteiger partial charge in [-0.15, -0.1) is 11.6 Å². The highest BCUT2D eigenvalue weighted by Gasteiger charge is 2.25. The fraction of sp³-hybridized carbons (Fsp3) is 1.00. The summed E-state index contributed by atoms with van der Waals surface area (Å²) < 4.78 is 34.5. The van der Waals surface area contributed by atoms with E-state index < -0.39 is 12.6 Å². The Bertz CT molecular complexity index is 102. The molecule has 11 heavy (non-hydrogen) atoms. The van der Waals surface area contributed by atoms with E-state index in [9.17, 15) is 13.2 Å². The molecule has 0 fully saturated rings. The highest BCUT2D eigenvalue weighted by Crippen LogP contribution is 2.17. The van der Waals surface area contributed by atoms with Crippen molar-refractivity contribution in [2.24, 2.45) is 0 Å². The number of rotatable bonds is 4. The Morgan fingerprint density at radius 2 is 2.00 bits per heavy atom. The Morgan fingerprint density at radius 1 is 1.45 bits per heavy atom. The summed E-state index contributed by atoms with van der Waals surface area (Å²) in [6.45, 7) is 2.08. The molecule has 5 heteroatoms. The fourth-order valence-corrected chi connectivity index (χ4v) is 0.640. The van der Waals surface area contributed by atoms with Crippen LogP contribution in [0.15, 0.2) is 0 Å². The van der Waals surface area contributed by atoms with Crippen molar-refractivity contribution in [3.63, 3.8) is 0 Å². The van der Waals surface area contributed by atoms with Crippen LogP contribution in [0.2, 0.25) is 0 Å². The molecule has 0 aromatic carbocycles. The van der Waals surface area contributed by atoms with Gasteiger partial charge in [0.05, 0.1) is 6.42 Å². The number of hydrogen-bond acceptors (Lipinski definition) is 1. The van der Waals surface area contributed by atoms with Gasteiger partial charge in [-0.2, -0.15) is 13.2 Å². The first-order valence-corrected chi connectivity index (χ1v) is 3.77. The zero-order valence-corrected chi connectivity index (χ0v) is 6.97. The van der Waals surface area contributed by atoms with Gasteiger partial charge >= 0.3 is 6.18 Å². The summed E-state index contributed by atoms with van der Waals surface area (Å²) in [6.07, 6.45) is -4.86. The molecule has 0 aliphatic rings. The van der Waals surface area contributed by atoms with E-state index in [4.69, 9.17) is 11.6 Å². The molecule has 0 aliphatic heterocycles. The van der Waals surface area contributed by atoms with Crippen LogP contribution in [-0.2, 0) is 0 Å². The molecule has 0 rings (SSSR count). The van der Waals surface area contributed by atoms with Crippen LogP contribution in [0, 0.1) is 0 Å². The van der Waals surface area contributed by atoms with Crippen LogP contribution in [0.5, 0.6) is 0 Å². The van der Waals surface area contributed by atoms with E-state index in [2.05, 4.69) is 5.32 Å². The van der Waals surface area contributed by atoms with E-state index in [0.717, 1.165) is 0 Å². The second kappa shape index (κ2) is 4.83. The summed E-state index contributed by atoms with van der Waals surface area (Å²) in [5.74, 6) is 0. The largest absolute Gasteiger partial charge is 0.390 e. The predicted octanol–water partition coefficient (Wildman–Crippen LogP) is 2.16. The molecule has 0 amide bonds. The second-order valence-corrected chi connectivity index (χ2v) is 3.10. The molecule has 0 aliphatic carbocycles. The van der Waals surface area contributed by atoms with E-state index in [1.165, 1.54) is 0 Å². The second-order valence-electron chi connectivity index (χ2n) is 2.35. The van der Waals surface area contributed by atoms with Crippen molar-refractivity contribution in [1.82, 2.24) is 5.32 Å². The lowest BCUT2D eigenvalue weighted by atomic mass is 10.4. The lowest BCUT2D eigenvalue weighted by Gasteiger charge is -2.07. The Hall–Kier alpha value is 0.0400. The number of halogens is 4. The van der Waals surface area contributed by atoms with Gasteiger partial charge in [0, 0.05) is 18.5 Å². The Labute approximate surface area is 68.9 Å². The minimum absolute atomic E-state index is 0.0550. The van der Waals surface area contributed by atoms with Crippen molar-refractivity contribution in [1.29, 1.82) is 0 Å². The van der Waals surface area contributed by atoms with Gasteiger partial charge in [-0.3, -0.25) is 0 Å². The topological polar surface area (TPSA) is 12.0 Å². The standard InChI is InChI=1S/C6H11ClF3N/c1-5(7)4-11-3-2-6(8,9)10/h5,11H,2-4H2,1H3. The minimum Gasteiger partial charge on any atom is -0.315 e. The van der Waals surface area contributed by atoms with Crippen molar-refractivity contribution < 1.29 is 13.2 Å². The molecule has 0 saturated carbocycles. The maximum Gasteiger partial charge on any atom is 0.390 e. The molecule has 0 heterocycles. The minimum atomic E-state index is -4.07. The van der Waals surface area contributed by atoms with E-state index in [-0.39, 0.29) is 11.9 Å². The van der Waals surface area contributed by atoms with Crippen molar-refractivity contribution in [2.75, 3.05) is 13.1 Å². The maximum absolute atomic E-state index is 11.5. The first kappa shape index (κ1) is 11.0. The van der Waals surface area contributed by atoms with E-state index >= 15 is 0 Å². The van der Waals surface area contributed by atoms with Crippen LogP contribution in [0.4, 0.5) is 13.2 Å². The van der Waals surface area contributed by atoms with Gasteiger partial charge < -0.3 is 5.32 Å². The summed E-state index contributed by atoms with van der Waals surface area (Å²) in [5.41, 5.74) is 0. The van der Waals surface area contributed by atoms with Gasteiger partial charge in [-0.25, -0.2) is 0 Å². The Morgan fingerprint density at radius 3 is 2.36 bits per heavy atom. The molecule has 0 aromatic rings. The van der Waals surface area contributed by atoms with Crippen molar-refractivity contribution >= 4 is 11.6 Å². The summed E-state index contributed by atoms with van der Waals surface area (Å²) in [5, 5.41) is 2.47. The SMILES string of the molecule is CC(Cl)CNCCC(F)(F)F. The predicted molar refractivity (Wildman–Crippen MR) is 38.9 cm³/mol. The summed E-state index contributed by atoms with van der Waals surface area (Å²) in [7, 11) is 0. The van der Waals surface area contributed by atoms with Gasteiger partial charge in [0.25, 0.3) is 0 Å². The van der Waals surface area contributed by atoms with Crippen LogP contribution < -0.4 is 5.32 Å².